The van der Waals surface area contributed by atoms with Gasteiger partial charge < -0.3 is 15.6 Å². The van der Waals surface area contributed by atoms with Crippen LogP contribution in [0.5, 0.6) is 0 Å². The van der Waals surface area contributed by atoms with E-state index in [-0.39, 0.29) is 16.9 Å². The first kappa shape index (κ1) is 21.3. The Morgan fingerprint density at radius 1 is 1.16 bits per heavy atom. The molecular weight excluding hydrogens is 424 g/mol. The van der Waals surface area contributed by atoms with Gasteiger partial charge in [-0.05, 0) is 31.5 Å². The van der Waals surface area contributed by atoms with Crippen LogP contribution in [0.1, 0.15) is 24.4 Å². The minimum absolute atomic E-state index is 0.101. The maximum Gasteiger partial charge on any atom is 0.268 e. The maximum atomic E-state index is 13.7. The zero-order valence-electron chi connectivity index (χ0n) is 17.8. The van der Waals surface area contributed by atoms with E-state index in [1.165, 1.54) is 0 Å². The molecule has 7 nitrogen and oxygen atoms in total. The van der Waals surface area contributed by atoms with Gasteiger partial charge in [-0.3, -0.25) is 4.79 Å². The van der Waals surface area contributed by atoms with Gasteiger partial charge in [-0.15, -0.1) is 0 Å². The third-order valence-electron chi connectivity index (χ3n) is 5.37. The van der Waals surface area contributed by atoms with Crippen molar-refractivity contribution < 1.29 is 0 Å². The first-order valence-corrected chi connectivity index (χ1v) is 10.4. The number of nitrogens with one attached hydrogen (secondary N) is 1. The Hall–Kier alpha value is -3.89. The molecule has 0 radical (unpaired) electrons. The number of benzene rings is 2. The van der Waals surface area contributed by atoms with Crippen LogP contribution in [0.3, 0.4) is 0 Å². The third-order valence-corrected chi connectivity index (χ3v) is 5.68. The summed E-state index contributed by atoms with van der Waals surface area (Å²) in [6, 6.07) is 14.5. The van der Waals surface area contributed by atoms with Crippen molar-refractivity contribution in [2.75, 3.05) is 11.1 Å². The largest absolute Gasteiger partial charge is 0.392 e. The molecule has 0 spiro atoms. The predicted molar refractivity (Wildman–Crippen MR) is 129 cm³/mol. The molecule has 2 aromatic heterocycles. The molecule has 3 N–H and O–H groups in total. The van der Waals surface area contributed by atoms with E-state index in [1.54, 1.807) is 25.1 Å². The number of aromatic nitrogens is 3. The number of hydrogen-bond acceptors (Lipinski definition) is 5. The van der Waals surface area contributed by atoms with Crippen LogP contribution in [0.25, 0.3) is 27.0 Å². The molecule has 160 valence electrons. The Morgan fingerprint density at radius 3 is 2.56 bits per heavy atom. The Kier molecular flexibility index (Phi) is 5.56. The minimum atomic E-state index is -0.485. The van der Waals surface area contributed by atoms with E-state index in [2.05, 4.69) is 20.1 Å². The van der Waals surface area contributed by atoms with Gasteiger partial charge in [0.1, 0.15) is 17.5 Å². The lowest BCUT2D eigenvalue weighted by molar-refractivity contribution is 0.835. The van der Waals surface area contributed by atoms with E-state index in [9.17, 15) is 4.79 Å². The Morgan fingerprint density at radius 2 is 1.88 bits per heavy atom. The average molecular weight is 445 g/mol. The van der Waals surface area contributed by atoms with Crippen molar-refractivity contribution in [2.24, 2.45) is 7.05 Å². The molecule has 0 fully saturated rings. The number of aryl methyl sites for hydroxylation is 2. The number of nitrogen functional groups attached to an aromatic ring is 1. The molecule has 4 rings (SSSR count). The average Bonchev–Trinajstić information content (AvgIpc) is 2.76. The quantitative estimate of drug-likeness (QED) is 0.419. The van der Waals surface area contributed by atoms with Crippen molar-refractivity contribution in [1.82, 2.24) is 14.5 Å². The molecule has 0 aliphatic heterocycles. The minimum Gasteiger partial charge on any atom is -0.392 e. The molecule has 32 heavy (non-hydrogen) atoms. The SMILES string of the molecule is [C-]#[N+]c1c(N)nc(C)nc1NC(C)c1c(-c2ccccc2)n(C)c2c(Cl)cccc2c1=O. The smallest absolute Gasteiger partial charge is 0.268 e. The Balaban J connectivity index is 2.00. The first-order chi connectivity index (χ1) is 15.3. The lowest BCUT2D eigenvalue weighted by atomic mass is 9.97. The van der Waals surface area contributed by atoms with Crippen LogP contribution in [0.2, 0.25) is 5.02 Å². The van der Waals surface area contributed by atoms with Crippen LogP contribution < -0.4 is 16.5 Å². The second kappa shape index (κ2) is 8.33. The summed E-state index contributed by atoms with van der Waals surface area (Å²) < 4.78 is 1.94. The number of rotatable bonds is 4. The van der Waals surface area contributed by atoms with Crippen molar-refractivity contribution in [1.29, 1.82) is 0 Å². The molecule has 1 atom stereocenters. The van der Waals surface area contributed by atoms with Crippen molar-refractivity contribution in [3.63, 3.8) is 0 Å². The van der Waals surface area contributed by atoms with Gasteiger partial charge in [0, 0.05) is 18.0 Å². The van der Waals surface area contributed by atoms with Crippen LogP contribution in [0.15, 0.2) is 53.3 Å². The van der Waals surface area contributed by atoms with E-state index in [1.807, 2.05) is 48.9 Å². The second-order valence-corrected chi connectivity index (χ2v) is 7.89. The highest BCUT2D eigenvalue weighted by Gasteiger charge is 2.24. The summed E-state index contributed by atoms with van der Waals surface area (Å²) in [6.07, 6.45) is 0. The van der Waals surface area contributed by atoms with Crippen LogP contribution in [-0.4, -0.2) is 14.5 Å². The van der Waals surface area contributed by atoms with Crippen molar-refractivity contribution in [2.45, 2.75) is 19.9 Å². The number of nitrogens with two attached hydrogens (primary N) is 1. The molecule has 0 saturated heterocycles. The molecule has 0 aliphatic rings. The van der Waals surface area contributed by atoms with Crippen molar-refractivity contribution in [3.05, 3.63) is 86.6 Å². The molecular formula is C24H21ClN6O. The number of anilines is 2. The number of fused-ring (bicyclic) bond motifs is 1. The fourth-order valence-corrected chi connectivity index (χ4v) is 4.31. The number of halogens is 1. The highest BCUT2D eigenvalue weighted by atomic mass is 35.5. The van der Waals surface area contributed by atoms with E-state index >= 15 is 0 Å². The molecule has 8 heteroatoms. The van der Waals surface area contributed by atoms with Crippen molar-refractivity contribution >= 4 is 39.8 Å². The highest BCUT2D eigenvalue weighted by molar-refractivity contribution is 6.35. The maximum absolute atomic E-state index is 13.7. The molecule has 1 unspecified atom stereocenters. The summed E-state index contributed by atoms with van der Waals surface area (Å²) in [7, 11) is 1.89. The van der Waals surface area contributed by atoms with E-state index in [4.69, 9.17) is 23.9 Å². The Labute approximate surface area is 190 Å². The van der Waals surface area contributed by atoms with Gasteiger partial charge in [0.15, 0.2) is 5.43 Å². The topological polar surface area (TPSA) is 90.2 Å². The molecule has 0 saturated carbocycles. The van der Waals surface area contributed by atoms with Crippen molar-refractivity contribution in [3.8, 4) is 11.3 Å². The summed E-state index contributed by atoms with van der Waals surface area (Å²) in [4.78, 5) is 25.6. The first-order valence-electron chi connectivity index (χ1n) is 9.98. The number of hydrogen-bond donors (Lipinski definition) is 2. The molecule has 0 amide bonds. The number of pyridine rings is 1. The van der Waals surface area contributed by atoms with E-state index in [0.717, 1.165) is 11.3 Å². The van der Waals surface area contributed by atoms with Gasteiger partial charge in [-0.25, -0.2) is 14.8 Å². The number of para-hydroxylation sites is 1. The lowest BCUT2D eigenvalue weighted by Crippen LogP contribution is -2.23. The molecule has 2 aromatic carbocycles. The van der Waals surface area contributed by atoms with Gasteiger partial charge >= 0.3 is 0 Å². The fourth-order valence-electron chi connectivity index (χ4n) is 4.01. The monoisotopic (exact) mass is 444 g/mol. The van der Waals surface area contributed by atoms with Crippen LogP contribution >= 0.6 is 11.6 Å². The van der Waals surface area contributed by atoms with Crippen LogP contribution in [0.4, 0.5) is 17.3 Å². The second-order valence-electron chi connectivity index (χ2n) is 7.48. The van der Waals surface area contributed by atoms with E-state index in [0.29, 0.717) is 33.1 Å². The molecule has 4 aromatic rings. The van der Waals surface area contributed by atoms with Gasteiger partial charge in [0.2, 0.25) is 0 Å². The summed E-state index contributed by atoms with van der Waals surface area (Å²) in [6.45, 7) is 11.0. The van der Waals surface area contributed by atoms with Crippen LogP contribution in [-0.2, 0) is 7.05 Å². The zero-order valence-corrected chi connectivity index (χ0v) is 18.6. The van der Waals surface area contributed by atoms with Gasteiger partial charge in [-0.1, -0.05) is 48.0 Å². The molecule has 0 aliphatic carbocycles. The summed E-state index contributed by atoms with van der Waals surface area (Å²) in [5, 5.41) is 4.25. The van der Waals surface area contributed by atoms with Gasteiger partial charge in [-0.2, -0.15) is 0 Å². The highest BCUT2D eigenvalue weighted by Crippen LogP contribution is 2.35. The van der Waals surface area contributed by atoms with E-state index < -0.39 is 6.04 Å². The third kappa shape index (κ3) is 3.55. The standard InChI is InChI=1S/C24H21ClN6O/c1-13(28-24-19(27-3)23(26)29-14(2)30-24)18-20(15-9-6-5-7-10-15)31(4)21-16(22(18)32)11-8-12-17(21)25/h5-13H,1-2,4H3,(H3,26,28,29,30). The summed E-state index contributed by atoms with van der Waals surface area (Å²) in [5.74, 6) is 0.833. The lowest BCUT2D eigenvalue weighted by Gasteiger charge is -2.23. The van der Waals surface area contributed by atoms with Crippen LogP contribution in [0, 0.1) is 13.5 Å². The molecule has 0 bridgehead atoms. The Bertz CT molecular complexity index is 1440. The zero-order chi connectivity index (χ0) is 23.0. The normalized spacial score (nSPS) is 11.8. The summed E-state index contributed by atoms with van der Waals surface area (Å²) in [5.41, 5.74) is 8.74. The molecule has 2 heterocycles. The fraction of sp³-hybridized carbons (Fsp3) is 0.167. The summed E-state index contributed by atoms with van der Waals surface area (Å²) >= 11 is 6.49. The van der Waals surface area contributed by atoms with Gasteiger partial charge in [0.05, 0.1) is 28.8 Å². The van der Waals surface area contributed by atoms with Gasteiger partial charge in [0.25, 0.3) is 5.69 Å². The number of nitrogens with zero attached hydrogens (tertiary/aromatic N) is 4. The predicted octanol–water partition coefficient (Wildman–Crippen LogP) is 5.26.